The lowest BCUT2D eigenvalue weighted by molar-refractivity contribution is -0.116. The Labute approximate surface area is 207 Å². The number of hydrogen-bond acceptors (Lipinski definition) is 6. The van der Waals surface area contributed by atoms with Gasteiger partial charge in [-0.05, 0) is 43.7 Å². The molecule has 34 heavy (non-hydrogen) atoms. The van der Waals surface area contributed by atoms with E-state index in [1.165, 1.54) is 18.9 Å². The number of carbonyl (C=O) groups is 2. The van der Waals surface area contributed by atoms with Gasteiger partial charge in [-0.25, -0.2) is 0 Å². The summed E-state index contributed by atoms with van der Waals surface area (Å²) in [4.78, 5) is 25.1. The summed E-state index contributed by atoms with van der Waals surface area (Å²) in [5, 5.41) is 15.0. The lowest BCUT2D eigenvalue weighted by Gasteiger charge is -2.11. The SMILES string of the molecule is C=CCn1c(CC(=O)Nc2ccc(C)cc2C)nnc1SCC(=O)Nc1cc(Cl)ccc1OC. The molecule has 0 bridgehead atoms. The van der Waals surface area contributed by atoms with E-state index in [1.807, 2.05) is 32.0 Å². The number of methoxy groups -OCH3 is 1. The molecule has 10 heteroatoms. The quantitative estimate of drug-likeness (QED) is 0.311. The minimum Gasteiger partial charge on any atom is -0.495 e. The molecular weight excluding hydrogens is 474 g/mol. The molecule has 3 rings (SSSR count). The Bertz CT molecular complexity index is 1210. The van der Waals surface area contributed by atoms with Gasteiger partial charge in [-0.2, -0.15) is 0 Å². The predicted molar refractivity (Wildman–Crippen MR) is 136 cm³/mol. The molecule has 3 aromatic rings. The molecule has 0 atom stereocenters. The van der Waals surface area contributed by atoms with Crippen molar-refractivity contribution in [2.75, 3.05) is 23.5 Å². The summed E-state index contributed by atoms with van der Waals surface area (Å²) in [5.74, 6) is 0.621. The summed E-state index contributed by atoms with van der Waals surface area (Å²) >= 11 is 7.23. The molecule has 0 radical (unpaired) electrons. The number of aromatic nitrogens is 3. The number of ether oxygens (including phenoxy) is 1. The molecule has 0 unspecified atom stereocenters. The van der Waals surface area contributed by atoms with Crippen molar-refractivity contribution in [3.8, 4) is 5.75 Å². The van der Waals surface area contributed by atoms with Gasteiger partial charge in [-0.15, -0.1) is 16.8 Å². The van der Waals surface area contributed by atoms with E-state index >= 15 is 0 Å². The minimum absolute atomic E-state index is 0.0423. The van der Waals surface area contributed by atoms with Gasteiger partial charge < -0.3 is 19.9 Å². The predicted octanol–water partition coefficient (Wildman–Crippen LogP) is 4.65. The molecule has 0 aliphatic rings. The van der Waals surface area contributed by atoms with Crippen molar-refractivity contribution in [3.63, 3.8) is 0 Å². The molecule has 0 saturated carbocycles. The van der Waals surface area contributed by atoms with Crippen LogP contribution >= 0.6 is 23.4 Å². The number of thioether (sulfide) groups is 1. The van der Waals surface area contributed by atoms with Crippen molar-refractivity contribution in [2.24, 2.45) is 0 Å². The molecule has 0 fully saturated rings. The van der Waals surface area contributed by atoms with Crippen LogP contribution in [-0.4, -0.2) is 39.4 Å². The molecular formula is C24H26ClN5O3S. The van der Waals surface area contributed by atoms with E-state index in [0.717, 1.165) is 16.8 Å². The van der Waals surface area contributed by atoms with Gasteiger partial charge >= 0.3 is 0 Å². The Kier molecular flexibility index (Phi) is 8.72. The molecule has 0 aliphatic carbocycles. The van der Waals surface area contributed by atoms with Gasteiger partial charge in [0.2, 0.25) is 11.8 Å². The highest BCUT2D eigenvalue weighted by Gasteiger charge is 2.17. The zero-order chi connectivity index (χ0) is 24.7. The molecule has 2 aromatic carbocycles. The van der Waals surface area contributed by atoms with E-state index in [4.69, 9.17) is 16.3 Å². The van der Waals surface area contributed by atoms with Gasteiger partial charge in [0.15, 0.2) is 5.16 Å². The molecule has 8 nitrogen and oxygen atoms in total. The Balaban J connectivity index is 1.65. The van der Waals surface area contributed by atoms with Crippen LogP contribution in [0.15, 0.2) is 54.2 Å². The highest BCUT2D eigenvalue weighted by molar-refractivity contribution is 7.99. The number of rotatable bonds is 10. The van der Waals surface area contributed by atoms with Crippen molar-refractivity contribution >= 4 is 46.6 Å². The Morgan fingerprint density at radius 1 is 1.12 bits per heavy atom. The second-order valence-corrected chi connectivity index (χ2v) is 8.90. The van der Waals surface area contributed by atoms with E-state index in [-0.39, 0.29) is 24.0 Å². The first-order valence-electron chi connectivity index (χ1n) is 10.5. The second-order valence-electron chi connectivity index (χ2n) is 7.52. The van der Waals surface area contributed by atoms with Gasteiger partial charge in [0.1, 0.15) is 11.6 Å². The van der Waals surface area contributed by atoms with Crippen LogP contribution in [0.4, 0.5) is 11.4 Å². The maximum atomic E-state index is 12.6. The van der Waals surface area contributed by atoms with Crippen LogP contribution in [0.2, 0.25) is 5.02 Å². The first kappa shape index (κ1) is 25.3. The highest BCUT2D eigenvalue weighted by atomic mass is 35.5. The lowest BCUT2D eigenvalue weighted by Crippen LogP contribution is -2.18. The molecule has 0 spiro atoms. The fourth-order valence-electron chi connectivity index (χ4n) is 3.26. The van der Waals surface area contributed by atoms with Crippen LogP contribution in [0.5, 0.6) is 5.75 Å². The van der Waals surface area contributed by atoms with Crippen molar-refractivity contribution < 1.29 is 14.3 Å². The van der Waals surface area contributed by atoms with Crippen molar-refractivity contribution in [2.45, 2.75) is 32.0 Å². The topological polar surface area (TPSA) is 98.1 Å². The van der Waals surface area contributed by atoms with Gasteiger partial charge in [0, 0.05) is 17.3 Å². The first-order valence-corrected chi connectivity index (χ1v) is 11.8. The second kappa shape index (κ2) is 11.7. The van der Waals surface area contributed by atoms with Crippen LogP contribution in [0.1, 0.15) is 17.0 Å². The monoisotopic (exact) mass is 499 g/mol. The standard InChI is InChI=1S/C24H26ClN5O3S/c1-5-10-30-21(13-22(31)26-18-8-6-15(2)11-16(18)3)28-29-24(30)34-14-23(32)27-19-12-17(25)7-9-20(19)33-4/h5-9,11-12H,1,10,13-14H2,2-4H3,(H,26,31)(H,27,32). The van der Waals surface area contributed by atoms with Crippen LogP contribution in [-0.2, 0) is 22.6 Å². The summed E-state index contributed by atoms with van der Waals surface area (Å²) in [5.41, 5.74) is 3.35. The van der Waals surface area contributed by atoms with Gasteiger partial charge in [0.25, 0.3) is 0 Å². The average molecular weight is 500 g/mol. The summed E-state index contributed by atoms with van der Waals surface area (Å²) in [6.45, 7) is 8.13. The molecule has 1 aromatic heterocycles. The zero-order valence-corrected chi connectivity index (χ0v) is 20.8. The van der Waals surface area contributed by atoms with E-state index in [0.29, 0.717) is 34.0 Å². The third-order valence-electron chi connectivity index (χ3n) is 4.85. The molecule has 2 amide bonds. The van der Waals surface area contributed by atoms with E-state index in [2.05, 4.69) is 27.4 Å². The van der Waals surface area contributed by atoms with Crippen LogP contribution < -0.4 is 15.4 Å². The van der Waals surface area contributed by atoms with Gasteiger partial charge in [-0.1, -0.05) is 47.1 Å². The Morgan fingerprint density at radius 2 is 1.88 bits per heavy atom. The van der Waals surface area contributed by atoms with Crippen LogP contribution in [0.25, 0.3) is 0 Å². The van der Waals surface area contributed by atoms with Gasteiger partial charge in [0.05, 0.1) is 25.0 Å². The summed E-state index contributed by atoms with van der Waals surface area (Å²) in [6, 6.07) is 10.8. The number of nitrogens with zero attached hydrogens (tertiary/aromatic N) is 3. The average Bonchev–Trinajstić information content (AvgIpc) is 3.16. The van der Waals surface area contributed by atoms with Crippen molar-refractivity contribution in [3.05, 3.63) is 71.0 Å². The third-order valence-corrected chi connectivity index (χ3v) is 6.05. The zero-order valence-electron chi connectivity index (χ0n) is 19.2. The summed E-state index contributed by atoms with van der Waals surface area (Å²) < 4.78 is 7.03. The summed E-state index contributed by atoms with van der Waals surface area (Å²) in [6.07, 6.45) is 1.73. The van der Waals surface area contributed by atoms with E-state index < -0.39 is 0 Å². The van der Waals surface area contributed by atoms with Crippen LogP contribution in [0.3, 0.4) is 0 Å². The number of nitrogens with one attached hydrogen (secondary N) is 2. The van der Waals surface area contributed by atoms with E-state index in [9.17, 15) is 9.59 Å². The Morgan fingerprint density at radius 3 is 2.59 bits per heavy atom. The van der Waals surface area contributed by atoms with E-state index in [1.54, 1.807) is 28.8 Å². The number of halogens is 1. The van der Waals surface area contributed by atoms with Crippen molar-refractivity contribution in [1.82, 2.24) is 14.8 Å². The number of hydrogen-bond donors (Lipinski definition) is 2. The lowest BCUT2D eigenvalue weighted by atomic mass is 10.1. The molecule has 1 heterocycles. The largest absolute Gasteiger partial charge is 0.495 e. The molecule has 0 aliphatic heterocycles. The third kappa shape index (κ3) is 6.61. The number of aryl methyl sites for hydroxylation is 2. The smallest absolute Gasteiger partial charge is 0.234 e. The number of carbonyl (C=O) groups excluding carboxylic acids is 2. The maximum Gasteiger partial charge on any atom is 0.234 e. The van der Waals surface area contributed by atoms with Crippen LogP contribution in [0, 0.1) is 13.8 Å². The molecule has 2 N–H and O–H groups in total. The highest BCUT2D eigenvalue weighted by Crippen LogP contribution is 2.28. The molecule has 0 saturated heterocycles. The first-order chi connectivity index (χ1) is 16.3. The van der Waals surface area contributed by atoms with Crippen molar-refractivity contribution in [1.29, 1.82) is 0 Å². The number of benzene rings is 2. The number of anilines is 2. The summed E-state index contributed by atoms with van der Waals surface area (Å²) in [7, 11) is 1.52. The maximum absolute atomic E-state index is 12.6. The minimum atomic E-state index is -0.257. The number of allylic oxidation sites excluding steroid dienone is 1. The van der Waals surface area contributed by atoms with Gasteiger partial charge in [-0.3, -0.25) is 9.59 Å². The fourth-order valence-corrected chi connectivity index (χ4v) is 4.19. The molecule has 178 valence electrons. The normalized spacial score (nSPS) is 10.6. The number of amides is 2. The Hall–Kier alpha value is -3.30. The fraction of sp³-hybridized carbons (Fsp3) is 0.250.